The molecule has 86 valence electrons. The molecule has 0 N–H and O–H groups in total. The third-order valence-electron chi connectivity index (χ3n) is 2.43. The topological polar surface area (TPSA) is 43.4 Å². The Morgan fingerprint density at radius 1 is 1.38 bits per heavy atom. The van der Waals surface area contributed by atoms with Crippen LogP contribution in [-0.4, -0.2) is 18.4 Å². The van der Waals surface area contributed by atoms with Crippen LogP contribution < -0.4 is 0 Å². The first-order valence-electron chi connectivity index (χ1n) is 5.33. The predicted molar refractivity (Wildman–Crippen MR) is 61.5 cm³/mol. The van der Waals surface area contributed by atoms with Crippen molar-refractivity contribution >= 4 is 11.8 Å². The van der Waals surface area contributed by atoms with Crippen molar-refractivity contribution in [3.63, 3.8) is 0 Å². The maximum absolute atomic E-state index is 11.5. The summed E-state index contributed by atoms with van der Waals surface area (Å²) < 4.78 is 4.93. The molecule has 0 aliphatic rings. The largest absolute Gasteiger partial charge is 0.466 e. The van der Waals surface area contributed by atoms with Gasteiger partial charge in [-0.15, -0.1) is 0 Å². The molecule has 0 amide bonds. The van der Waals surface area contributed by atoms with E-state index in [2.05, 4.69) is 0 Å². The van der Waals surface area contributed by atoms with Gasteiger partial charge in [-0.3, -0.25) is 9.59 Å². The molecule has 1 rings (SSSR count). The molecule has 16 heavy (non-hydrogen) atoms. The Kier molecular flexibility index (Phi) is 4.23. The van der Waals surface area contributed by atoms with Crippen LogP contribution in [0.3, 0.4) is 0 Å². The standard InChI is InChI=1S/C13H16O3/c1-4-16-13(15)9(2)11-6-5-7-12(8-11)10(3)14/h5-9H,4H2,1-3H3. The van der Waals surface area contributed by atoms with Crippen molar-refractivity contribution in [1.29, 1.82) is 0 Å². The van der Waals surface area contributed by atoms with Crippen LogP contribution >= 0.6 is 0 Å². The van der Waals surface area contributed by atoms with Gasteiger partial charge in [-0.1, -0.05) is 18.2 Å². The Bertz CT molecular complexity index is 396. The lowest BCUT2D eigenvalue weighted by Crippen LogP contribution is -2.13. The predicted octanol–water partition coefficient (Wildman–Crippen LogP) is 2.56. The number of esters is 1. The van der Waals surface area contributed by atoms with Gasteiger partial charge in [0.25, 0.3) is 0 Å². The van der Waals surface area contributed by atoms with Gasteiger partial charge in [0.05, 0.1) is 12.5 Å². The van der Waals surface area contributed by atoms with Gasteiger partial charge in [0.2, 0.25) is 0 Å². The Labute approximate surface area is 95.4 Å². The summed E-state index contributed by atoms with van der Waals surface area (Å²) in [7, 11) is 0. The minimum absolute atomic E-state index is 0.00194. The van der Waals surface area contributed by atoms with Gasteiger partial charge in [-0.05, 0) is 32.4 Å². The van der Waals surface area contributed by atoms with Gasteiger partial charge in [0, 0.05) is 5.56 Å². The highest BCUT2D eigenvalue weighted by Gasteiger charge is 2.16. The average molecular weight is 220 g/mol. The van der Waals surface area contributed by atoms with E-state index < -0.39 is 0 Å². The second-order valence-corrected chi connectivity index (χ2v) is 3.66. The molecule has 0 heterocycles. The summed E-state index contributed by atoms with van der Waals surface area (Å²) in [6, 6.07) is 7.09. The molecular weight excluding hydrogens is 204 g/mol. The van der Waals surface area contributed by atoms with E-state index in [0.29, 0.717) is 12.2 Å². The third kappa shape index (κ3) is 2.92. The van der Waals surface area contributed by atoms with Crippen LogP contribution in [0.25, 0.3) is 0 Å². The Morgan fingerprint density at radius 2 is 2.06 bits per heavy atom. The minimum Gasteiger partial charge on any atom is -0.466 e. The zero-order chi connectivity index (χ0) is 12.1. The average Bonchev–Trinajstić information content (AvgIpc) is 2.28. The molecule has 0 fully saturated rings. The fraction of sp³-hybridized carbons (Fsp3) is 0.385. The fourth-order valence-electron chi connectivity index (χ4n) is 1.43. The molecule has 0 spiro atoms. The number of hydrogen-bond donors (Lipinski definition) is 0. The number of ether oxygens (including phenoxy) is 1. The molecule has 3 heteroatoms. The van der Waals surface area contributed by atoms with Crippen LogP contribution in [0.2, 0.25) is 0 Å². The van der Waals surface area contributed by atoms with Crippen LogP contribution in [0.5, 0.6) is 0 Å². The lowest BCUT2D eigenvalue weighted by molar-refractivity contribution is -0.144. The smallest absolute Gasteiger partial charge is 0.313 e. The van der Waals surface area contributed by atoms with Gasteiger partial charge < -0.3 is 4.74 Å². The SMILES string of the molecule is CCOC(=O)C(C)c1cccc(C(C)=O)c1. The molecule has 1 unspecified atom stereocenters. The van der Waals surface area contributed by atoms with E-state index in [9.17, 15) is 9.59 Å². The fourth-order valence-corrected chi connectivity index (χ4v) is 1.43. The van der Waals surface area contributed by atoms with E-state index in [1.165, 1.54) is 6.92 Å². The van der Waals surface area contributed by atoms with E-state index in [1.54, 1.807) is 32.0 Å². The zero-order valence-electron chi connectivity index (χ0n) is 9.82. The molecule has 0 radical (unpaired) electrons. The minimum atomic E-state index is -0.334. The normalized spacial score (nSPS) is 11.9. The van der Waals surface area contributed by atoms with Crippen molar-refractivity contribution in [1.82, 2.24) is 0 Å². The first-order valence-corrected chi connectivity index (χ1v) is 5.33. The van der Waals surface area contributed by atoms with Gasteiger partial charge >= 0.3 is 5.97 Å². The molecule has 1 aromatic rings. The van der Waals surface area contributed by atoms with E-state index in [1.807, 2.05) is 6.07 Å². The third-order valence-corrected chi connectivity index (χ3v) is 2.43. The number of carbonyl (C=O) groups excluding carboxylic acids is 2. The number of carbonyl (C=O) groups is 2. The zero-order valence-corrected chi connectivity index (χ0v) is 9.82. The molecule has 0 aliphatic carbocycles. The summed E-state index contributed by atoms with van der Waals surface area (Å²) >= 11 is 0. The number of ketones is 1. The summed E-state index contributed by atoms with van der Waals surface area (Å²) in [5.74, 6) is -0.597. The van der Waals surface area contributed by atoms with E-state index in [-0.39, 0.29) is 17.7 Å². The molecule has 0 saturated carbocycles. The van der Waals surface area contributed by atoms with Crippen molar-refractivity contribution in [3.05, 3.63) is 35.4 Å². The number of Topliss-reactive ketones (excluding diaryl/α,β-unsaturated/α-hetero) is 1. The van der Waals surface area contributed by atoms with Gasteiger partial charge in [0.15, 0.2) is 5.78 Å². The molecule has 3 nitrogen and oxygen atoms in total. The molecule has 0 aliphatic heterocycles. The summed E-state index contributed by atoms with van der Waals surface area (Å²) in [5, 5.41) is 0. The maximum Gasteiger partial charge on any atom is 0.313 e. The number of benzene rings is 1. The second kappa shape index (κ2) is 5.45. The van der Waals surface area contributed by atoms with Crippen LogP contribution in [0.1, 0.15) is 42.6 Å². The quantitative estimate of drug-likeness (QED) is 0.578. The number of hydrogen-bond acceptors (Lipinski definition) is 3. The van der Waals surface area contributed by atoms with Crippen LogP contribution in [0.4, 0.5) is 0 Å². The van der Waals surface area contributed by atoms with Crippen molar-refractivity contribution in [2.24, 2.45) is 0 Å². The van der Waals surface area contributed by atoms with Crippen molar-refractivity contribution in [2.75, 3.05) is 6.61 Å². The number of rotatable bonds is 4. The molecule has 0 saturated heterocycles. The lowest BCUT2D eigenvalue weighted by atomic mass is 9.98. The first kappa shape index (κ1) is 12.4. The van der Waals surface area contributed by atoms with Crippen LogP contribution in [-0.2, 0) is 9.53 Å². The highest BCUT2D eigenvalue weighted by Crippen LogP contribution is 2.18. The molecule has 0 bridgehead atoms. The van der Waals surface area contributed by atoms with Gasteiger partial charge in [-0.2, -0.15) is 0 Å². The summed E-state index contributed by atoms with van der Waals surface area (Å²) in [5.41, 5.74) is 1.43. The Morgan fingerprint density at radius 3 is 2.62 bits per heavy atom. The summed E-state index contributed by atoms with van der Waals surface area (Å²) in [6.07, 6.45) is 0. The van der Waals surface area contributed by atoms with Crippen LogP contribution in [0, 0.1) is 0 Å². The van der Waals surface area contributed by atoms with E-state index in [0.717, 1.165) is 5.56 Å². The lowest BCUT2D eigenvalue weighted by Gasteiger charge is -2.11. The molecular formula is C13H16O3. The Balaban J connectivity index is 2.91. The summed E-state index contributed by atoms with van der Waals surface area (Å²) in [6.45, 7) is 5.43. The van der Waals surface area contributed by atoms with Gasteiger partial charge in [-0.25, -0.2) is 0 Å². The van der Waals surface area contributed by atoms with Gasteiger partial charge in [0.1, 0.15) is 0 Å². The molecule has 0 aromatic heterocycles. The summed E-state index contributed by atoms with van der Waals surface area (Å²) in [4.78, 5) is 22.7. The van der Waals surface area contributed by atoms with Crippen molar-refractivity contribution < 1.29 is 14.3 Å². The first-order chi connectivity index (χ1) is 7.56. The van der Waals surface area contributed by atoms with Crippen molar-refractivity contribution in [2.45, 2.75) is 26.7 Å². The molecule has 1 atom stereocenters. The maximum atomic E-state index is 11.5. The van der Waals surface area contributed by atoms with Crippen molar-refractivity contribution in [3.8, 4) is 0 Å². The Hall–Kier alpha value is -1.64. The molecule has 1 aromatic carbocycles. The second-order valence-electron chi connectivity index (χ2n) is 3.66. The van der Waals surface area contributed by atoms with Crippen LogP contribution in [0.15, 0.2) is 24.3 Å². The highest BCUT2D eigenvalue weighted by atomic mass is 16.5. The van der Waals surface area contributed by atoms with E-state index in [4.69, 9.17) is 4.74 Å². The van der Waals surface area contributed by atoms with E-state index >= 15 is 0 Å². The monoisotopic (exact) mass is 220 g/mol. The highest BCUT2D eigenvalue weighted by molar-refractivity contribution is 5.94.